The van der Waals surface area contributed by atoms with Crippen LogP contribution in [-0.2, 0) is 4.79 Å². The molecule has 0 spiro atoms. The van der Waals surface area contributed by atoms with Crippen molar-refractivity contribution in [2.75, 3.05) is 6.61 Å². The van der Waals surface area contributed by atoms with Gasteiger partial charge in [0.2, 0.25) is 0 Å². The molecule has 92 valence electrons. The van der Waals surface area contributed by atoms with Crippen LogP contribution in [0, 0.1) is 5.41 Å². The molecule has 0 aliphatic carbocycles. The van der Waals surface area contributed by atoms with Gasteiger partial charge < -0.3 is 9.84 Å². The van der Waals surface area contributed by atoms with Gasteiger partial charge in [-0.2, -0.15) is 0 Å². The first kappa shape index (κ1) is 13.2. The number of hydrogen-bond acceptors (Lipinski definition) is 3. The van der Waals surface area contributed by atoms with Crippen LogP contribution in [0.1, 0.15) is 31.1 Å². The van der Waals surface area contributed by atoms with Crippen LogP contribution in [0.4, 0.5) is 0 Å². The molecule has 0 radical (unpaired) electrons. The van der Waals surface area contributed by atoms with E-state index in [4.69, 9.17) is 9.84 Å². The summed E-state index contributed by atoms with van der Waals surface area (Å²) in [6.07, 6.45) is 0. The molecule has 0 aromatic heterocycles. The molecule has 0 aliphatic heterocycles. The fraction of sp³-hybridized carbons (Fsp3) is 0.385. The minimum atomic E-state index is -0.982. The van der Waals surface area contributed by atoms with E-state index in [0.29, 0.717) is 11.3 Å². The van der Waals surface area contributed by atoms with Crippen LogP contribution in [0.25, 0.3) is 0 Å². The van der Waals surface area contributed by atoms with Crippen LogP contribution < -0.4 is 4.74 Å². The predicted octanol–water partition coefficient (Wildman–Crippen LogP) is 2.38. The lowest BCUT2D eigenvalue weighted by Crippen LogP contribution is -2.30. The Hall–Kier alpha value is -1.84. The molecule has 0 unspecified atom stereocenters. The van der Waals surface area contributed by atoms with Gasteiger partial charge in [0.15, 0.2) is 5.78 Å². The van der Waals surface area contributed by atoms with E-state index in [1.54, 1.807) is 38.1 Å². The number of ether oxygens (including phenoxy) is 1. The van der Waals surface area contributed by atoms with Crippen molar-refractivity contribution >= 4 is 11.8 Å². The molecule has 0 amide bonds. The zero-order valence-electron chi connectivity index (χ0n) is 10.2. The summed E-state index contributed by atoms with van der Waals surface area (Å²) < 4.78 is 5.42. The van der Waals surface area contributed by atoms with Crippen molar-refractivity contribution < 1.29 is 19.4 Å². The second kappa shape index (κ2) is 4.99. The van der Waals surface area contributed by atoms with Crippen LogP contribution in [0.2, 0.25) is 0 Å². The molecule has 0 atom stereocenters. The van der Waals surface area contributed by atoms with Crippen LogP contribution in [-0.4, -0.2) is 23.5 Å². The fourth-order valence-corrected chi connectivity index (χ4v) is 1.20. The van der Waals surface area contributed by atoms with E-state index < -0.39 is 11.4 Å². The fourth-order valence-electron chi connectivity index (χ4n) is 1.20. The number of benzene rings is 1. The summed E-state index contributed by atoms with van der Waals surface area (Å²) in [6, 6.07) is 6.81. The zero-order valence-corrected chi connectivity index (χ0v) is 10.2. The molecule has 1 aromatic carbocycles. The molecular weight excluding hydrogens is 220 g/mol. The standard InChI is InChI=1S/C13H16O4/c1-9(14)10-6-4-5-7-11(10)17-8-13(2,3)12(15)16/h4-7H,8H2,1-3H3,(H,15,16). The lowest BCUT2D eigenvalue weighted by atomic mass is 9.95. The van der Waals surface area contributed by atoms with E-state index in [2.05, 4.69) is 0 Å². The van der Waals surface area contributed by atoms with E-state index in [0.717, 1.165) is 0 Å². The average Bonchev–Trinajstić information content (AvgIpc) is 2.26. The maximum atomic E-state index is 11.3. The van der Waals surface area contributed by atoms with Crippen molar-refractivity contribution in [3.63, 3.8) is 0 Å². The number of carboxylic acid groups (broad SMARTS) is 1. The summed E-state index contributed by atoms with van der Waals surface area (Å²) in [4.78, 5) is 22.2. The Morgan fingerprint density at radius 2 is 1.88 bits per heavy atom. The van der Waals surface area contributed by atoms with Crippen molar-refractivity contribution in [2.45, 2.75) is 20.8 Å². The predicted molar refractivity (Wildman–Crippen MR) is 63.4 cm³/mol. The van der Waals surface area contributed by atoms with Crippen LogP contribution in [0.15, 0.2) is 24.3 Å². The SMILES string of the molecule is CC(=O)c1ccccc1OCC(C)(C)C(=O)O. The number of Topliss-reactive ketones (excluding diaryl/α,β-unsaturated/α-hetero) is 1. The Bertz CT molecular complexity index is 435. The highest BCUT2D eigenvalue weighted by Gasteiger charge is 2.28. The summed E-state index contributed by atoms with van der Waals surface area (Å²) in [5, 5.41) is 8.95. The van der Waals surface area contributed by atoms with E-state index in [-0.39, 0.29) is 12.4 Å². The second-order valence-corrected chi connectivity index (χ2v) is 4.53. The lowest BCUT2D eigenvalue weighted by molar-refractivity contribution is -0.148. The molecule has 4 heteroatoms. The number of para-hydroxylation sites is 1. The Kier molecular flexibility index (Phi) is 3.89. The monoisotopic (exact) mass is 236 g/mol. The summed E-state index contributed by atoms with van der Waals surface area (Å²) in [5.41, 5.74) is -0.516. The van der Waals surface area contributed by atoms with Crippen molar-refractivity contribution in [1.82, 2.24) is 0 Å². The normalized spacial score (nSPS) is 11.0. The molecule has 0 bridgehead atoms. The van der Waals surface area contributed by atoms with E-state index >= 15 is 0 Å². The molecule has 0 heterocycles. The summed E-state index contributed by atoms with van der Waals surface area (Å²) >= 11 is 0. The molecule has 17 heavy (non-hydrogen) atoms. The minimum Gasteiger partial charge on any atom is -0.492 e. The first-order valence-electron chi connectivity index (χ1n) is 5.31. The molecule has 0 saturated heterocycles. The van der Waals surface area contributed by atoms with Gasteiger partial charge in [-0.3, -0.25) is 9.59 Å². The van der Waals surface area contributed by atoms with Crippen LogP contribution in [0.3, 0.4) is 0 Å². The van der Waals surface area contributed by atoms with Crippen LogP contribution in [0.5, 0.6) is 5.75 Å². The summed E-state index contributed by atoms with van der Waals surface area (Å²) in [7, 11) is 0. The first-order valence-corrected chi connectivity index (χ1v) is 5.31. The third-order valence-electron chi connectivity index (χ3n) is 2.43. The van der Waals surface area contributed by atoms with Gasteiger partial charge in [0.1, 0.15) is 12.4 Å². The maximum absolute atomic E-state index is 11.3. The third-order valence-corrected chi connectivity index (χ3v) is 2.43. The van der Waals surface area contributed by atoms with Gasteiger partial charge in [0, 0.05) is 0 Å². The maximum Gasteiger partial charge on any atom is 0.312 e. The number of carbonyl (C=O) groups excluding carboxylic acids is 1. The van der Waals surface area contributed by atoms with Crippen molar-refractivity contribution in [3.05, 3.63) is 29.8 Å². The third kappa shape index (κ3) is 3.31. The van der Waals surface area contributed by atoms with E-state index in [9.17, 15) is 9.59 Å². The molecule has 1 N–H and O–H groups in total. The number of carboxylic acids is 1. The molecule has 0 aliphatic rings. The van der Waals surface area contributed by atoms with Crippen LogP contribution >= 0.6 is 0 Å². The van der Waals surface area contributed by atoms with E-state index in [1.807, 2.05) is 0 Å². The van der Waals surface area contributed by atoms with E-state index in [1.165, 1.54) is 6.92 Å². The number of rotatable bonds is 5. The van der Waals surface area contributed by atoms with Gasteiger partial charge in [0.25, 0.3) is 0 Å². The smallest absolute Gasteiger partial charge is 0.312 e. The number of hydrogen-bond donors (Lipinski definition) is 1. The van der Waals surface area contributed by atoms with Crippen molar-refractivity contribution in [2.24, 2.45) is 5.41 Å². The average molecular weight is 236 g/mol. The highest BCUT2D eigenvalue weighted by molar-refractivity contribution is 5.96. The first-order chi connectivity index (χ1) is 7.84. The van der Waals surface area contributed by atoms with Gasteiger partial charge in [-0.25, -0.2) is 0 Å². The number of aliphatic carboxylic acids is 1. The minimum absolute atomic E-state index is 0.0205. The van der Waals surface area contributed by atoms with Gasteiger partial charge in [-0.15, -0.1) is 0 Å². The second-order valence-electron chi connectivity index (χ2n) is 4.53. The van der Waals surface area contributed by atoms with Crippen molar-refractivity contribution in [1.29, 1.82) is 0 Å². The van der Waals surface area contributed by atoms with Crippen molar-refractivity contribution in [3.8, 4) is 5.75 Å². The summed E-state index contributed by atoms with van der Waals surface area (Å²) in [6.45, 7) is 4.62. The highest BCUT2D eigenvalue weighted by atomic mass is 16.5. The highest BCUT2D eigenvalue weighted by Crippen LogP contribution is 2.22. The Balaban J connectivity index is 2.83. The molecule has 0 saturated carbocycles. The largest absolute Gasteiger partial charge is 0.492 e. The van der Waals surface area contributed by atoms with Gasteiger partial charge >= 0.3 is 5.97 Å². The topological polar surface area (TPSA) is 63.6 Å². The van der Waals surface area contributed by atoms with Gasteiger partial charge in [0.05, 0.1) is 11.0 Å². The number of carbonyl (C=O) groups is 2. The Morgan fingerprint density at radius 1 is 1.29 bits per heavy atom. The molecule has 0 fully saturated rings. The molecule has 1 aromatic rings. The van der Waals surface area contributed by atoms with Gasteiger partial charge in [-0.05, 0) is 32.9 Å². The van der Waals surface area contributed by atoms with Gasteiger partial charge in [-0.1, -0.05) is 12.1 Å². The lowest BCUT2D eigenvalue weighted by Gasteiger charge is -2.20. The Morgan fingerprint density at radius 3 is 2.41 bits per heavy atom. The zero-order chi connectivity index (χ0) is 13.1. The summed E-state index contributed by atoms with van der Waals surface area (Å²) in [5.74, 6) is -0.610. The molecular formula is C13H16O4. The Labute approximate surface area is 100 Å². The molecule has 1 rings (SSSR count). The number of ketones is 1. The molecule has 4 nitrogen and oxygen atoms in total. The quantitative estimate of drug-likeness (QED) is 0.797.